The van der Waals surface area contributed by atoms with Crippen molar-refractivity contribution >= 4 is 10.6 Å². The highest BCUT2D eigenvalue weighted by Gasteiger charge is 2.18. The highest BCUT2D eigenvalue weighted by molar-refractivity contribution is 8.24. The molecule has 1 aliphatic rings. The molecule has 1 aliphatic heterocycles. The van der Waals surface area contributed by atoms with Crippen molar-refractivity contribution in [2.45, 2.75) is 0 Å². The van der Waals surface area contributed by atoms with Crippen LogP contribution in [0.5, 0.6) is 0 Å². The third-order valence-electron chi connectivity index (χ3n) is 1.60. The minimum atomic E-state index is -2.16. The molecule has 0 atom stereocenters. The molecule has 0 spiro atoms. The average Bonchev–Trinajstić information content (AvgIpc) is 1.78. The SMILES string of the molecule is CN1CCS(O)(O)CC1. The Morgan fingerprint density at radius 1 is 1.22 bits per heavy atom. The van der Waals surface area contributed by atoms with Crippen molar-refractivity contribution < 1.29 is 9.11 Å². The summed E-state index contributed by atoms with van der Waals surface area (Å²) in [4.78, 5) is 2.11. The Balaban J connectivity index is 2.35. The van der Waals surface area contributed by atoms with Crippen molar-refractivity contribution in [3.8, 4) is 0 Å². The number of nitrogens with zero attached hydrogens (tertiary/aromatic N) is 1. The van der Waals surface area contributed by atoms with E-state index >= 15 is 0 Å². The van der Waals surface area contributed by atoms with E-state index in [-0.39, 0.29) is 0 Å². The third kappa shape index (κ3) is 2.14. The summed E-state index contributed by atoms with van der Waals surface area (Å²) < 4.78 is 18.2. The summed E-state index contributed by atoms with van der Waals surface area (Å²) >= 11 is 0. The van der Waals surface area contributed by atoms with Crippen LogP contribution >= 0.6 is 10.6 Å². The zero-order valence-electron chi connectivity index (χ0n) is 5.58. The molecular weight excluding hydrogens is 138 g/mol. The maximum absolute atomic E-state index is 9.10. The molecule has 0 aromatic carbocycles. The van der Waals surface area contributed by atoms with Gasteiger partial charge in [-0.05, 0) is 7.05 Å². The van der Waals surface area contributed by atoms with Crippen LogP contribution in [0.15, 0.2) is 0 Å². The molecule has 0 aromatic rings. The van der Waals surface area contributed by atoms with Gasteiger partial charge in [-0.3, -0.25) is 9.11 Å². The van der Waals surface area contributed by atoms with Gasteiger partial charge in [0.1, 0.15) is 0 Å². The minimum Gasteiger partial charge on any atom is -0.303 e. The molecule has 4 heteroatoms. The number of rotatable bonds is 0. The molecule has 0 unspecified atom stereocenters. The minimum absolute atomic E-state index is 0.559. The lowest BCUT2D eigenvalue weighted by Gasteiger charge is -2.39. The van der Waals surface area contributed by atoms with E-state index in [0.29, 0.717) is 11.5 Å². The van der Waals surface area contributed by atoms with Crippen LogP contribution in [0.1, 0.15) is 0 Å². The van der Waals surface area contributed by atoms with Crippen LogP contribution in [0.3, 0.4) is 0 Å². The van der Waals surface area contributed by atoms with Gasteiger partial charge < -0.3 is 4.90 Å². The number of hydrogen-bond acceptors (Lipinski definition) is 3. The Morgan fingerprint density at radius 2 is 1.67 bits per heavy atom. The fraction of sp³-hybridized carbons (Fsp3) is 1.00. The summed E-state index contributed by atoms with van der Waals surface area (Å²) in [6.07, 6.45) is 0. The Labute approximate surface area is 57.0 Å². The quantitative estimate of drug-likeness (QED) is 0.535. The molecule has 0 aromatic heterocycles. The third-order valence-corrected chi connectivity index (χ3v) is 3.27. The van der Waals surface area contributed by atoms with Crippen molar-refractivity contribution in [2.75, 3.05) is 31.6 Å². The second-order valence-corrected chi connectivity index (χ2v) is 4.93. The Morgan fingerprint density at radius 3 is 2.00 bits per heavy atom. The topological polar surface area (TPSA) is 43.7 Å². The summed E-state index contributed by atoms with van der Waals surface area (Å²) in [5, 5.41) is 0. The first-order chi connectivity index (χ1) is 4.10. The fourth-order valence-corrected chi connectivity index (χ4v) is 2.23. The monoisotopic (exact) mass is 151 g/mol. The van der Waals surface area contributed by atoms with Crippen molar-refractivity contribution in [2.24, 2.45) is 0 Å². The predicted molar refractivity (Wildman–Crippen MR) is 40.1 cm³/mol. The van der Waals surface area contributed by atoms with Gasteiger partial charge >= 0.3 is 0 Å². The molecule has 0 bridgehead atoms. The summed E-state index contributed by atoms with van der Waals surface area (Å²) in [6.45, 7) is 1.64. The zero-order chi connectivity index (χ0) is 6.91. The average molecular weight is 151 g/mol. The van der Waals surface area contributed by atoms with Crippen molar-refractivity contribution in [1.29, 1.82) is 0 Å². The first-order valence-corrected chi connectivity index (χ1v) is 4.91. The standard InChI is InChI=1S/C5H13NO2S/c1-6-2-4-9(7,8)5-3-6/h7-8H,2-5H2,1H3. The van der Waals surface area contributed by atoms with Crippen molar-refractivity contribution in [3.63, 3.8) is 0 Å². The summed E-state index contributed by atoms with van der Waals surface area (Å²) in [6, 6.07) is 0. The fourth-order valence-electron chi connectivity index (χ4n) is 0.818. The summed E-state index contributed by atoms with van der Waals surface area (Å²) in [7, 11) is -0.163. The molecule has 0 aliphatic carbocycles. The van der Waals surface area contributed by atoms with Gasteiger partial charge in [-0.15, -0.1) is 0 Å². The molecule has 1 rings (SSSR count). The van der Waals surface area contributed by atoms with Crippen molar-refractivity contribution in [1.82, 2.24) is 4.90 Å². The normalized spacial score (nSPS) is 31.9. The van der Waals surface area contributed by atoms with E-state index in [1.165, 1.54) is 0 Å². The molecule has 9 heavy (non-hydrogen) atoms. The second-order valence-electron chi connectivity index (χ2n) is 2.51. The molecule has 3 nitrogen and oxygen atoms in total. The first-order valence-electron chi connectivity index (χ1n) is 3.02. The zero-order valence-corrected chi connectivity index (χ0v) is 6.39. The van der Waals surface area contributed by atoms with E-state index in [9.17, 15) is 0 Å². The highest BCUT2D eigenvalue weighted by atomic mass is 32.3. The molecule has 0 amide bonds. The maximum Gasteiger partial charge on any atom is 0.0502 e. The number of hydrogen-bond donors (Lipinski definition) is 2. The lowest BCUT2D eigenvalue weighted by molar-refractivity contribution is 0.342. The second kappa shape index (κ2) is 2.46. The van der Waals surface area contributed by atoms with E-state index in [4.69, 9.17) is 9.11 Å². The van der Waals surface area contributed by atoms with Gasteiger partial charge in [-0.2, -0.15) is 10.6 Å². The predicted octanol–water partition coefficient (Wildman–Crippen LogP) is 0.682. The Bertz CT molecular complexity index is 97.1. The Hall–Kier alpha value is 0.230. The summed E-state index contributed by atoms with van der Waals surface area (Å²) in [5.74, 6) is 1.12. The van der Waals surface area contributed by atoms with Gasteiger partial charge in [0.25, 0.3) is 0 Å². The Kier molecular flexibility index (Phi) is 2.00. The largest absolute Gasteiger partial charge is 0.303 e. The molecule has 0 radical (unpaired) electrons. The van der Waals surface area contributed by atoms with E-state index in [1.54, 1.807) is 0 Å². The van der Waals surface area contributed by atoms with Gasteiger partial charge in [0.15, 0.2) is 0 Å². The van der Waals surface area contributed by atoms with E-state index in [2.05, 4.69) is 4.90 Å². The van der Waals surface area contributed by atoms with Gasteiger partial charge in [0.2, 0.25) is 0 Å². The summed E-state index contributed by atoms with van der Waals surface area (Å²) in [5.41, 5.74) is 0. The highest BCUT2D eigenvalue weighted by Crippen LogP contribution is 2.39. The molecule has 1 fully saturated rings. The van der Waals surface area contributed by atoms with Gasteiger partial charge in [0.05, 0.1) is 11.5 Å². The van der Waals surface area contributed by atoms with E-state index < -0.39 is 10.6 Å². The van der Waals surface area contributed by atoms with E-state index in [0.717, 1.165) is 13.1 Å². The first kappa shape index (κ1) is 7.34. The maximum atomic E-state index is 9.10. The van der Waals surface area contributed by atoms with Crippen LogP contribution in [0.25, 0.3) is 0 Å². The van der Waals surface area contributed by atoms with Gasteiger partial charge in [-0.25, -0.2) is 0 Å². The lowest BCUT2D eigenvalue weighted by Crippen LogP contribution is -2.35. The van der Waals surface area contributed by atoms with E-state index in [1.807, 2.05) is 7.05 Å². The molecule has 1 heterocycles. The molecular formula is C5H13NO2S. The van der Waals surface area contributed by atoms with Gasteiger partial charge in [0, 0.05) is 13.1 Å². The molecule has 56 valence electrons. The van der Waals surface area contributed by atoms with Crippen LogP contribution < -0.4 is 0 Å². The molecule has 0 saturated carbocycles. The van der Waals surface area contributed by atoms with Crippen LogP contribution in [-0.4, -0.2) is 45.6 Å². The van der Waals surface area contributed by atoms with Crippen LogP contribution in [0.2, 0.25) is 0 Å². The van der Waals surface area contributed by atoms with Crippen LogP contribution in [0.4, 0.5) is 0 Å². The lowest BCUT2D eigenvalue weighted by atomic mass is 10.6. The molecule has 2 N–H and O–H groups in total. The smallest absolute Gasteiger partial charge is 0.0502 e. The van der Waals surface area contributed by atoms with Gasteiger partial charge in [-0.1, -0.05) is 0 Å². The van der Waals surface area contributed by atoms with Crippen molar-refractivity contribution in [3.05, 3.63) is 0 Å². The molecule has 1 saturated heterocycles. The van der Waals surface area contributed by atoms with Crippen LogP contribution in [-0.2, 0) is 0 Å². The van der Waals surface area contributed by atoms with Crippen LogP contribution in [0, 0.1) is 0 Å².